The SMILES string of the molecule is CCNCCn1nnnc1SC1CCCC(S(C)(=O)=O)C1. The number of likely N-dealkylation sites (N-methyl/N-ethyl adjacent to an activating group) is 1. The molecule has 0 saturated heterocycles. The van der Waals surface area contributed by atoms with Gasteiger partial charge in [0.2, 0.25) is 5.16 Å². The van der Waals surface area contributed by atoms with Gasteiger partial charge in [-0.3, -0.25) is 0 Å². The second-order valence-corrected chi connectivity index (χ2v) is 8.99. The molecule has 1 aromatic rings. The lowest BCUT2D eigenvalue weighted by molar-refractivity contribution is 0.490. The predicted octanol–water partition coefficient (Wildman–Crippen LogP) is 0.730. The third kappa shape index (κ3) is 4.93. The van der Waals surface area contributed by atoms with Gasteiger partial charge in [-0.1, -0.05) is 25.1 Å². The van der Waals surface area contributed by atoms with E-state index in [0.29, 0.717) is 6.42 Å². The van der Waals surface area contributed by atoms with Crippen molar-refractivity contribution in [3.8, 4) is 0 Å². The van der Waals surface area contributed by atoms with E-state index in [1.54, 1.807) is 16.4 Å². The first-order chi connectivity index (χ1) is 10.0. The van der Waals surface area contributed by atoms with Crippen LogP contribution in [0.15, 0.2) is 5.16 Å². The summed E-state index contributed by atoms with van der Waals surface area (Å²) < 4.78 is 25.2. The van der Waals surface area contributed by atoms with E-state index in [1.807, 2.05) is 0 Å². The minimum absolute atomic E-state index is 0.213. The Bertz CT molecular complexity index is 546. The van der Waals surface area contributed by atoms with Gasteiger partial charge in [0.15, 0.2) is 0 Å². The molecule has 1 N–H and O–H groups in total. The Balaban J connectivity index is 1.94. The summed E-state index contributed by atoms with van der Waals surface area (Å²) in [5.41, 5.74) is 0. The first kappa shape index (κ1) is 16.7. The van der Waals surface area contributed by atoms with Crippen LogP contribution in [0, 0.1) is 0 Å². The molecule has 0 aliphatic heterocycles. The van der Waals surface area contributed by atoms with Crippen molar-refractivity contribution in [1.29, 1.82) is 0 Å². The highest BCUT2D eigenvalue weighted by atomic mass is 32.2. The smallest absolute Gasteiger partial charge is 0.209 e. The van der Waals surface area contributed by atoms with Crippen LogP contribution in [0.2, 0.25) is 0 Å². The van der Waals surface area contributed by atoms with E-state index in [2.05, 4.69) is 27.8 Å². The van der Waals surface area contributed by atoms with Crippen LogP contribution in [0.1, 0.15) is 32.6 Å². The average molecular weight is 333 g/mol. The van der Waals surface area contributed by atoms with Gasteiger partial charge >= 0.3 is 0 Å². The van der Waals surface area contributed by atoms with E-state index in [1.165, 1.54) is 6.26 Å². The maximum absolute atomic E-state index is 11.7. The third-order valence-electron chi connectivity index (χ3n) is 3.70. The van der Waals surface area contributed by atoms with Crippen LogP contribution in [0.4, 0.5) is 0 Å². The number of hydrogen-bond donors (Lipinski definition) is 1. The number of tetrazole rings is 1. The summed E-state index contributed by atoms with van der Waals surface area (Å²) in [6, 6.07) is 0. The van der Waals surface area contributed by atoms with Gasteiger partial charge in [-0.2, -0.15) is 0 Å². The van der Waals surface area contributed by atoms with Gasteiger partial charge in [-0.25, -0.2) is 13.1 Å². The van der Waals surface area contributed by atoms with E-state index < -0.39 is 9.84 Å². The Labute approximate surface area is 130 Å². The number of nitrogens with one attached hydrogen (secondary N) is 1. The van der Waals surface area contributed by atoms with Crippen molar-refractivity contribution in [3.05, 3.63) is 0 Å². The molecule has 1 aliphatic carbocycles. The summed E-state index contributed by atoms with van der Waals surface area (Å²) in [6.07, 6.45) is 4.79. The van der Waals surface area contributed by atoms with Crippen molar-refractivity contribution in [3.63, 3.8) is 0 Å². The predicted molar refractivity (Wildman–Crippen MR) is 83.1 cm³/mol. The molecular weight excluding hydrogens is 310 g/mol. The first-order valence-corrected chi connectivity index (χ1v) is 10.2. The lowest BCUT2D eigenvalue weighted by Gasteiger charge is -2.26. The summed E-state index contributed by atoms with van der Waals surface area (Å²) >= 11 is 1.61. The molecular formula is C12H23N5O2S2. The largest absolute Gasteiger partial charge is 0.315 e. The maximum atomic E-state index is 11.7. The molecule has 0 bridgehead atoms. The van der Waals surface area contributed by atoms with Crippen LogP contribution >= 0.6 is 11.8 Å². The summed E-state index contributed by atoms with van der Waals surface area (Å²) in [6.45, 7) is 4.53. The summed E-state index contributed by atoms with van der Waals surface area (Å²) in [5.74, 6) is 0. The minimum Gasteiger partial charge on any atom is -0.315 e. The van der Waals surface area contributed by atoms with Crippen LogP contribution < -0.4 is 5.32 Å². The lowest BCUT2D eigenvalue weighted by Crippen LogP contribution is -2.29. The monoisotopic (exact) mass is 333 g/mol. The fourth-order valence-corrected chi connectivity index (χ4v) is 5.07. The fraction of sp³-hybridized carbons (Fsp3) is 0.917. The number of rotatable bonds is 7. The molecule has 2 unspecified atom stereocenters. The quantitative estimate of drug-likeness (QED) is 0.736. The fourth-order valence-electron chi connectivity index (χ4n) is 2.53. The topological polar surface area (TPSA) is 89.8 Å². The Morgan fingerprint density at radius 1 is 1.43 bits per heavy atom. The van der Waals surface area contributed by atoms with Crippen molar-refractivity contribution in [2.75, 3.05) is 19.3 Å². The number of nitrogens with zero attached hydrogens (tertiary/aromatic N) is 4. The van der Waals surface area contributed by atoms with Crippen molar-refractivity contribution in [2.45, 2.75) is 54.8 Å². The first-order valence-electron chi connectivity index (χ1n) is 7.33. The summed E-state index contributed by atoms with van der Waals surface area (Å²) in [5, 5.41) is 15.9. The molecule has 9 heteroatoms. The number of thioether (sulfide) groups is 1. The van der Waals surface area contributed by atoms with E-state index in [-0.39, 0.29) is 10.5 Å². The van der Waals surface area contributed by atoms with Crippen LogP contribution in [-0.2, 0) is 16.4 Å². The zero-order chi connectivity index (χ0) is 15.3. The zero-order valence-corrected chi connectivity index (χ0v) is 14.2. The molecule has 1 saturated carbocycles. The van der Waals surface area contributed by atoms with Gasteiger partial charge in [0, 0.05) is 18.1 Å². The molecule has 1 heterocycles. The van der Waals surface area contributed by atoms with E-state index in [4.69, 9.17) is 0 Å². The standard InChI is InChI=1S/C12H23N5O2S2/c1-3-13-7-8-17-12(14-15-16-17)20-10-5-4-6-11(9-10)21(2,18)19/h10-11,13H,3-9H2,1-2H3. The Morgan fingerprint density at radius 3 is 2.95 bits per heavy atom. The second-order valence-electron chi connectivity index (χ2n) is 5.40. The van der Waals surface area contributed by atoms with Gasteiger partial charge in [0.1, 0.15) is 9.84 Å². The molecule has 0 spiro atoms. The van der Waals surface area contributed by atoms with Crippen molar-refractivity contribution >= 4 is 21.6 Å². The lowest BCUT2D eigenvalue weighted by atomic mass is 10.00. The molecule has 120 valence electrons. The molecule has 2 rings (SSSR count). The molecule has 1 aliphatic rings. The van der Waals surface area contributed by atoms with Crippen molar-refractivity contribution in [1.82, 2.24) is 25.5 Å². The summed E-state index contributed by atoms with van der Waals surface area (Å²) in [4.78, 5) is 0. The summed E-state index contributed by atoms with van der Waals surface area (Å²) in [7, 11) is -2.95. The Morgan fingerprint density at radius 2 is 2.24 bits per heavy atom. The van der Waals surface area contributed by atoms with Crippen LogP contribution in [0.5, 0.6) is 0 Å². The Hall–Kier alpha value is -0.670. The number of sulfone groups is 1. The van der Waals surface area contributed by atoms with E-state index >= 15 is 0 Å². The van der Waals surface area contributed by atoms with Gasteiger partial charge in [0.05, 0.1) is 11.8 Å². The third-order valence-corrected chi connectivity index (χ3v) is 6.61. The number of hydrogen-bond acceptors (Lipinski definition) is 7. The molecule has 1 aromatic heterocycles. The van der Waals surface area contributed by atoms with Crippen LogP contribution in [0.25, 0.3) is 0 Å². The van der Waals surface area contributed by atoms with E-state index in [0.717, 1.165) is 44.1 Å². The van der Waals surface area contributed by atoms with Crippen LogP contribution in [-0.4, -0.2) is 58.5 Å². The van der Waals surface area contributed by atoms with Gasteiger partial charge in [0.25, 0.3) is 0 Å². The highest BCUT2D eigenvalue weighted by molar-refractivity contribution is 7.99. The molecule has 0 amide bonds. The van der Waals surface area contributed by atoms with Crippen molar-refractivity contribution < 1.29 is 8.42 Å². The zero-order valence-electron chi connectivity index (χ0n) is 12.5. The van der Waals surface area contributed by atoms with Gasteiger partial charge in [-0.05, 0) is 36.2 Å². The molecule has 0 radical (unpaired) electrons. The van der Waals surface area contributed by atoms with Crippen LogP contribution in [0.3, 0.4) is 0 Å². The Kier molecular flexibility index (Phi) is 6.00. The second kappa shape index (κ2) is 7.55. The molecule has 1 fully saturated rings. The highest BCUT2D eigenvalue weighted by Gasteiger charge is 2.30. The maximum Gasteiger partial charge on any atom is 0.209 e. The van der Waals surface area contributed by atoms with Gasteiger partial charge in [-0.15, -0.1) is 5.10 Å². The minimum atomic E-state index is -2.95. The molecule has 7 nitrogen and oxygen atoms in total. The normalized spacial score (nSPS) is 23.3. The van der Waals surface area contributed by atoms with E-state index in [9.17, 15) is 8.42 Å². The number of aromatic nitrogens is 4. The van der Waals surface area contributed by atoms with Gasteiger partial charge < -0.3 is 5.32 Å². The van der Waals surface area contributed by atoms with Crippen molar-refractivity contribution in [2.24, 2.45) is 0 Å². The highest BCUT2D eigenvalue weighted by Crippen LogP contribution is 2.34. The molecule has 2 atom stereocenters. The molecule has 21 heavy (non-hydrogen) atoms. The molecule has 0 aromatic carbocycles. The average Bonchev–Trinajstić information content (AvgIpc) is 2.86.